The fourth-order valence-corrected chi connectivity index (χ4v) is 7.69. The van der Waals surface area contributed by atoms with Gasteiger partial charge in [0.2, 0.25) is 0 Å². The highest BCUT2D eigenvalue weighted by molar-refractivity contribution is 6.24. The van der Waals surface area contributed by atoms with Crippen molar-refractivity contribution in [2.24, 2.45) is 0 Å². The SMILES string of the molecule is c1ccc(-c2cccc(-n3c4ccccc4c4ccc5c6ccccc6n(-c6cc7ccccc7c7ccccc67)c5c43)c2)cc1. The first kappa shape index (κ1) is 25.2. The van der Waals surface area contributed by atoms with Crippen molar-refractivity contribution >= 4 is 65.2 Å². The molecule has 0 bridgehead atoms. The molecule has 0 aliphatic carbocycles. The van der Waals surface area contributed by atoms with Crippen LogP contribution in [-0.2, 0) is 0 Å². The van der Waals surface area contributed by atoms with Crippen molar-refractivity contribution in [3.63, 3.8) is 0 Å². The van der Waals surface area contributed by atoms with Crippen molar-refractivity contribution in [3.8, 4) is 22.5 Å². The van der Waals surface area contributed by atoms with Crippen molar-refractivity contribution in [1.82, 2.24) is 9.13 Å². The van der Waals surface area contributed by atoms with Crippen molar-refractivity contribution in [3.05, 3.63) is 170 Å². The summed E-state index contributed by atoms with van der Waals surface area (Å²) < 4.78 is 5.01. The molecule has 46 heavy (non-hydrogen) atoms. The van der Waals surface area contributed by atoms with Crippen molar-refractivity contribution < 1.29 is 0 Å². The van der Waals surface area contributed by atoms with Gasteiger partial charge in [0, 0.05) is 32.6 Å². The van der Waals surface area contributed by atoms with E-state index in [1.165, 1.54) is 82.0 Å². The third-order valence-electron chi connectivity index (χ3n) is 9.67. The van der Waals surface area contributed by atoms with E-state index in [1.54, 1.807) is 0 Å². The summed E-state index contributed by atoms with van der Waals surface area (Å²) in [5, 5.41) is 10.0. The predicted octanol–water partition coefficient (Wildman–Crippen LogP) is 11.9. The second-order valence-corrected chi connectivity index (χ2v) is 12.1. The molecular weight excluding hydrogens is 556 g/mol. The van der Waals surface area contributed by atoms with Gasteiger partial charge in [0.15, 0.2) is 0 Å². The van der Waals surface area contributed by atoms with E-state index in [4.69, 9.17) is 0 Å². The smallest absolute Gasteiger partial charge is 0.0789 e. The molecule has 214 valence electrons. The Hall–Kier alpha value is -6.12. The van der Waals surface area contributed by atoms with E-state index >= 15 is 0 Å². The lowest BCUT2D eigenvalue weighted by Gasteiger charge is -2.16. The van der Waals surface area contributed by atoms with Gasteiger partial charge in [-0.15, -0.1) is 0 Å². The lowest BCUT2D eigenvalue weighted by molar-refractivity contribution is 1.16. The van der Waals surface area contributed by atoms with Crippen LogP contribution >= 0.6 is 0 Å². The number of para-hydroxylation sites is 2. The van der Waals surface area contributed by atoms with Crippen molar-refractivity contribution in [1.29, 1.82) is 0 Å². The van der Waals surface area contributed by atoms with E-state index in [0.29, 0.717) is 0 Å². The highest BCUT2D eigenvalue weighted by atomic mass is 15.0. The van der Waals surface area contributed by atoms with E-state index in [2.05, 4.69) is 179 Å². The zero-order chi connectivity index (χ0) is 30.2. The summed E-state index contributed by atoms with van der Waals surface area (Å²) in [5.74, 6) is 0. The molecule has 10 aromatic rings. The maximum absolute atomic E-state index is 2.53. The topological polar surface area (TPSA) is 9.86 Å². The summed E-state index contributed by atoms with van der Waals surface area (Å²) in [6, 6.07) is 62.0. The maximum atomic E-state index is 2.53. The summed E-state index contributed by atoms with van der Waals surface area (Å²) in [6.07, 6.45) is 0. The van der Waals surface area contributed by atoms with Gasteiger partial charge in [-0.3, -0.25) is 0 Å². The number of benzene rings is 8. The van der Waals surface area contributed by atoms with Crippen LogP contribution in [0.3, 0.4) is 0 Å². The Bertz CT molecular complexity index is 2800. The molecule has 0 unspecified atom stereocenters. The molecule has 8 aromatic carbocycles. The molecule has 2 heteroatoms. The lowest BCUT2D eigenvalue weighted by atomic mass is 10.00. The molecule has 2 aromatic heterocycles. The molecule has 0 saturated carbocycles. The van der Waals surface area contributed by atoms with Crippen molar-refractivity contribution in [2.45, 2.75) is 0 Å². The van der Waals surface area contributed by atoms with Crippen LogP contribution in [0.2, 0.25) is 0 Å². The van der Waals surface area contributed by atoms with Gasteiger partial charge >= 0.3 is 0 Å². The number of aromatic nitrogens is 2. The summed E-state index contributed by atoms with van der Waals surface area (Å²) in [7, 11) is 0. The fourth-order valence-electron chi connectivity index (χ4n) is 7.69. The Kier molecular flexibility index (Phi) is 5.31. The van der Waals surface area contributed by atoms with Crippen LogP contribution in [-0.4, -0.2) is 9.13 Å². The zero-order valence-corrected chi connectivity index (χ0v) is 25.1. The third kappa shape index (κ3) is 3.53. The predicted molar refractivity (Wildman–Crippen MR) is 196 cm³/mol. The number of fused-ring (bicyclic) bond motifs is 10. The Balaban J connectivity index is 1.42. The summed E-state index contributed by atoms with van der Waals surface area (Å²) in [6.45, 7) is 0. The molecule has 0 saturated heterocycles. The van der Waals surface area contributed by atoms with Crippen LogP contribution in [0.15, 0.2) is 170 Å². The van der Waals surface area contributed by atoms with Gasteiger partial charge in [-0.2, -0.15) is 0 Å². The normalized spacial score (nSPS) is 11.9. The van der Waals surface area contributed by atoms with Crippen LogP contribution < -0.4 is 0 Å². The minimum atomic E-state index is 1.15. The average molecular weight is 585 g/mol. The third-order valence-corrected chi connectivity index (χ3v) is 9.67. The minimum Gasteiger partial charge on any atom is -0.307 e. The van der Waals surface area contributed by atoms with E-state index < -0.39 is 0 Å². The molecule has 0 aliphatic heterocycles. The standard InChI is InChI=1S/C44H28N2/c1-2-13-29(14-3-1)30-16-12-17-32(27-30)45-40-23-10-8-21-36(40)38-25-26-39-37-22-9-11-24-41(37)46(44(39)43(38)45)42-28-31-15-4-5-18-33(31)34-19-6-7-20-35(34)42/h1-28H. The van der Waals surface area contributed by atoms with Gasteiger partial charge < -0.3 is 9.13 Å². The average Bonchev–Trinajstić information content (AvgIpc) is 3.65. The lowest BCUT2D eigenvalue weighted by Crippen LogP contribution is -2.00. The quantitative estimate of drug-likeness (QED) is 0.183. The Morgan fingerprint density at radius 3 is 1.59 bits per heavy atom. The van der Waals surface area contributed by atoms with Gasteiger partial charge in [0.1, 0.15) is 0 Å². The van der Waals surface area contributed by atoms with Crippen LogP contribution in [0, 0.1) is 0 Å². The van der Waals surface area contributed by atoms with E-state index in [9.17, 15) is 0 Å². The Labute approximate surface area is 266 Å². The molecule has 0 spiro atoms. The van der Waals surface area contributed by atoms with Gasteiger partial charge in [-0.1, -0.05) is 140 Å². The van der Waals surface area contributed by atoms with Crippen LogP contribution in [0.1, 0.15) is 0 Å². The first-order chi connectivity index (χ1) is 22.8. The second kappa shape index (κ2) is 9.69. The van der Waals surface area contributed by atoms with Crippen LogP contribution in [0.25, 0.3) is 87.7 Å². The first-order valence-corrected chi connectivity index (χ1v) is 15.9. The molecule has 2 heterocycles. The summed E-state index contributed by atoms with van der Waals surface area (Å²) in [4.78, 5) is 0. The molecule has 0 radical (unpaired) electrons. The number of rotatable bonds is 3. The molecule has 10 rings (SSSR count). The highest BCUT2D eigenvalue weighted by Crippen LogP contribution is 2.43. The van der Waals surface area contributed by atoms with Gasteiger partial charge in [-0.05, 0) is 57.6 Å². The Morgan fingerprint density at radius 1 is 0.304 bits per heavy atom. The zero-order valence-electron chi connectivity index (χ0n) is 25.1. The van der Waals surface area contributed by atoms with Crippen molar-refractivity contribution in [2.75, 3.05) is 0 Å². The van der Waals surface area contributed by atoms with E-state index in [1.807, 2.05) is 0 Å². The number of hydrogen-bond donors (Lipinski definition) is 0. The first-order valence-electron chi connectivity index (χ1n) is 15.9. The Morgan fingerprint density at radius 2 is 0.848 bits per heavy atom. The molecular formula is C44H28N2. The molecule has 0 fully saturated rings. The minimum absolute atomic E-state index is 1.15. The van der Waals surface area contributed by atoms with Gasteiger partial charge in [-0.25, -0.2) is 0 Å². The van der Waals surface area contributed by atoms with E-state index in [0.717, 1.165) is 5.69 Å². The fraction of sp³-hybridized carbons (Fsp3) is 0. The maximum Gasteiger partial charge on any atom is 0.0789 e. The number of nitrogens with zero attached hydrogens (tertiary/aromatic N) is 2. The molecule has 0 aliphatic rings. The van der Waals surface area contributed by atoms with Crippen LogP contribution in [0.5, 0.6) is 0 Å². The van der Waals surface area contributed by atoms with Crippen LogP contribution in [0.4, 0.5) is 0 Å². The molecule has 0 N–H and O–H groups in total. The number of hydrogen-bond acceptors (Lipinski definition) is 0. The molecule has 2 nitrogen and oxygen atoms in total. The largest absolute Gasteiger partial charge is 0.307 e. The molecule has 0 amide bonds. The van der Waals surface area contributed by atoms with Gasteiger partial charge in [0.25, 0.3) is 0 Å². The summed E-state index contributed by atoms with van der Waals surface area (Å²) in [5.41, 5.74) is 9.63. The summed E-state index contributed by atoms with van der Waals surface area (Å²) >= 11 is 0. The monoisotopic (exact) mass is 584 g/mol. The molecule has 0 atom stereocenters. The highest BCUT2D eigenvalue weighted by Gasteiger charge is 2.22. The van der Waals surface area contributed by atoms with E-state index in [-0.39, 0.29) is 0 Å². The second-order valence-electron chi connectivity index (χ2n) is 12.1. The van der Waals surface area contributed by atoms with Gasteiger partial charge in [0.05, 0.1) is 27.8 Å².